The van der Waals surface area contributed by atoms with Gasteiger partial charge < -0.3 is 16.3 Å². The van der Waals surface area contributed by atoms with Gasteiger partial charge in [-0.2, -0.15) is 0 Å². The van der Waals surface area contributed by atoms with Crippen molar-refractivity contribution in [2.45, 2.75) is 0 Å². The highest BCUT2D eigenvalue weighted by molar-refractivity contribution is 9.11. The van der Waals surface area contributed by atoms with Crippen molar-refractivity contribution in [3.63, 3.8) is 0 Å². The van der Waals surface area contributed by atoms with E-state index in [-0.39, 0.29) is 5.71 Å². The number of hydrogen-bond donors (Lipinski definition) is 2. The van der Waals surface area contributed by atoms with Crippen LogP contribution in [-0.2, 0) is 9.63 Å². The van der Waals surface area contributed by atoms with E-state index in [1.54, 1.807) is 0 Å². The molecule has 0 radical (unpaired) electrons. The Hall–Kier alpha value is -1.15. The van der Waals surface area contributed by atoms with E-state index in [1.807, 2.05) is 0 Å². The van der Waals surface area contributed by atoms with Gasteiger partial charge in [-0.25, -0.2) is 4.98 Å². The van der Waals surface area contributed by atoms with Crippen LogP contribution < -0.4 is 11.5 Å². The van der Waals surface area contributed by atoms with Gasteiger partial charge in [-0.1, -0.05) is 16.5 Å². The number of primary amides is 1. The van der Waals surface area contributed by atoms with Gasteiger partial charge in [0.15, 0.2) is 10.8 Å². The summed E-state index contributed by atoms with van der Waals surface area (Å²) in [6.45, 7) is 0. The molecule has 0 unspecified atom stereocenters. The van der Waals surface area contributed by atoms with Gasteiger partial charge in [0.05, 0.1) is 0 Å². The highest BCUT2D eigenvalue weighted by Crippen LogP contribution is 2.26. The third kappa shape index (κ3) is 2.20. The molecular formula is C6H7BrN4O2S. The average Bonchev–Trinajstić information content (AvgIpc) is 2.40. The Bertz CT molecular complexity index is 389. The summed E-state index contributed by atoms with van der Waals surface area (Å²) in [7, 11) is 1.31. The van der Waals surface area contributed by atoms with Crippen molar-refractivity contribution in [1.29, 1.82) is 0 Å². The van der Waals surface area contributed by atoms with Gasteiger partial charge in [-0.05, 0) is 15.9 Å². The summed E-state index contributed by atoms with van der Waals surface area (Å²) in [5.41, 5.74) is 10.8. The van der Waals surface area contributed by atoms with Crippen molar-refractivity contribution in [3.8, 4) is 0 Å². The Kier molecular flexibility index (Phi) is 3.42. The van der Waals surface area contributed by atoms with Crippen LogP contribution in [0.4, 0.5) is 5.13 Å². The van der Waals surface area contributed by atoms with E-state index in [1.165, 1.54) is 18.4 Å². The van der Waals surface area contributed by atoms with Crippen molar-refractivity contribution in [3.05, 3.63) is 9.48 Å². The normalized spacial score (nSPS) is 11.4. The molecule has 0 aliphatic carbocycles. The minimum absolute atomic E-state index is 0.0627. The molecule has 6 nitrogen and oxygen atoms in total. The van der Waals surface area contributed by atoms with E-state index in [0.717, 1.165) is 0 Å². The number of oxime groups is 1. The number of hydrogen-bond acceptors (Lipinski definition) is 6. The van der Waals surface area contributed by atoms with Crippen LogP contribution in [0.25, 0.3) is 0 Å². The summed E-state index contributed by atoms with van der Waals surface area (Å²) in [6, 6.07) is 0. The van der Waals surface area contributed by atoms with Crippen molar-refractivity contribution >= 4 is 44.0 Å². The highest BCUT2D eigenvalue weighted by atomic mass is 79.9. The van der Waals surface area contributed by atoms with Gasteiger partial charge in [0.1, 0.15) is 16.6 Å². The minimum Gasteiger partial charge on any atom is -0.398 e. The third-order valence-corrected chi connectivity index (χ3v) is 2.78. The number of aromatic nitrogens is 1. The number of thiazole rings is 1. The zero-order chi connectivity index (χ0) is 10.7. The van der Waals surface area contributed by atoms with Crippen LogP contribution in [0, 0.1) is 0 Å². The van der Waals surface area contributed by atoms with Gasteiger partial charge >= 0.3 is 0 Å². The predicted molar refractivity (Wildman–Crippen MR) is 57.0 cm³/mol. The second kappa shape index (κ2) is 4.38. The van der Waals surface area contributed by atoms with Gasteiger partial charge in [0, 0.05) is 0 Å². The van der Waals surface area contributed by atoms with Crippen LogP contribution in [0.1, 0.15) is 5.69 Å². The molecule has 4 N–H and O–H groups in total. The molecule has 0 bridgehead atoms. The molecule has 0 saturated heterocycles. The molecule has 0 fully saturated rings. The summed E-state index contributed by atoms with van der Waals surface area (Å²) in [5.74, 6) is -0.724. The number of nitrogen functional groups attached to an aromatic ring is 1. The Balaban J connectivity index is 3.18. The van der Waals surface area contributed by atoms with Crippen LogP contribution in [0.15, 0.2) is 8.94 Å². The number of anilines is 1. The Morgan fingerprint density at radius 1 is 1.71 bits per heavy atom. The van der Waals surface area contributed by atoms with Crippen LogP contribution in [0.3, 0.4) is 0 Å². The molecule has 76 valence electrons. The summed E-state index contributed by atoms with van der Waals surface area (Å²) in [5, 5.41) is 3.79. The van der Waals surface area contributed by atoms with E-state index in [9.17, 15) is 4.79 Å². The van der Waals surface area contributed by atoms with E-state index in [2.05, 4.69) is 30.9 Å². The molecule has 1 aromatic heterocycles. The fraction of sp³-hybridized carbons (Fsp3) is 0.167. The number of carbonyl (C=O) groups excluding carboxylic acids is 1. The predicted octanol–water partition coefficient (Wildman–Crippen LogP) is 0.324. The van der Waals surface area contributed by atoms with Gasteiger partial charge in [-0.3, -0.25) is 4.79 Å². The first-order valence-electron chi connectivity index (χ1n) is 3.39. The minimum atomic E-state index is -0.724. The molecule has 1 aromatic rings. The number of rotatable bonds is 3. The smallest absolute Gasteiger partial charge is 0.273 e. The summed E-state index contributed by atoms with van der Waals surface area (Å²) >= 11 is 4.37. The number of amides is 1. The van der Waals surface area contributed by atoms with Crippen molar-refractivity contribution in [2.24, 2.45) is 10.9 Å². The van der Waals surface area contributed by atoms with Gasteiger partial charge in [-0.15, -0.1) is 0 Å². The first-order chi connectivity index (χ1) is 6.56. The van der Waals surface area contributed by atoms with Crippen LogP contribution in [0.5, 0.6) is 0 Å². The van der Waals surface area contributed by atoms with Crippen LogP contribution in [0.2, 0.25) is 0 Å². The third-order valence-electron chi connectivity index (χ3n) is 1.24. The monoisotopic (exact) mass is 278 g/mol. The summed E-state index contributed by atoms with van der Waals surface area (Å²) in [4.78, 5) is 19.3. The molecule has 0 saturated carbocycles. The lowest BCUT2D eigenvalue weighted by molar-refractivity contribution is -0.112. The standard InChI is InChI=1S/C6H7BrN4O2S/c1-13-11-3(5(8)12)2-4(7)14-6(9)10-2/h1H3,(H2,8,12)(H2,9,10)/b11-3+. The molecule has 14 heavy (non-hydrogen) atoms. The molecule has 0 atom stereocenters. The maximum absolute atomic E-state index is 11.0. The lowest BCUT2D eigenvalue weighted by Crippen LogP contribution is -2.25. The fourth-order valence-electron chi connectivity index (χ4n) is 0.759. The average molecular weight is 279 g/mol. The SMILES string of the molecule is CO/N=C(/C(N)=O)c1nc(N)sc1Br. The number of halogens is 1. The van der Waals surface area contributed by atoms with E-state index in [0.29, 0.717) is 14.6 Å². The first kappa shape index (κ1) is 10.9. The van der Waals surface area contributed by atoms with Crippen LogP contribution in [-0.4, -0.2) is 23.7 Å². The Morgan fingerprint density at radius 2 is 2.36 bits per heavy atom. The molecular weight excluding hydrogens is 272 g/mol. The van der Waals surface area contributed by atoms with E-state index >= 15 is 0 Å². The van der Waals surface area contributed by atoms with Crippen molar-refractivity contribution < 1.29 is 9.63 Å². The molecule has 8 heteroatoms. The fourth-order valence-corrected chi connectivity index (χ4v) is 2.09. The molecule has 0 aliphatic rings. The second-order valence-electron chi connectivity index (χ2n) is 2.16. The lowest BCUT2D eigenvalue weighted by atomic mass is 10.3. The second-order valence-corrected chi connectivity index (χ2v) is 4.51. The Labute approximate surface area is 92.1 Å². The molecule has 0 aliphatic heterocycles. The van der Waals surface area contributed by atoms with Crippen molar-refractivity contribution in [2.75, 3.05) is 12.8 Å². The maximum atomic E-state index is 11.0. The molecule has 0 aromatic carbocycles. The largest absolute Gasteiger partial charge is 0.398 e. The summed E-state index contributed by atoms with van der Waals surface area (Å²) < 4.78 is 0.588. The van der Waals surface area contributed by atoms with Crippen LogP contribution >= 0.6 is 27.3 Å². The molecule has 1 rings (SSSR count). The summed E-state index contributed by atoms with van der Waals surface area (Å²) in [6.07, 6.45) is 0. The highest BCUT2D eigenvalue weighted by Gasteiger charge is 2.19. The number of nitrogens with two attached hydrogens (primary N) is 2. The zero-order valence-corrected chi connectivity index (χ0v) is 9.55. The number of carbonyl (C=O) groups is 1. The van der Waals surface area contributed by atoms with E-state index in [4.69, 9.17) is 11.5 Å². The maximum Gasteiger partial charge on any atom is 0.273 e. The zero-order valence-electron chi connectivity index (χ0n) is 7.15. The molecule has 0 spiro atoms. The van der Waals surface area contributed by atoms with Gasteiger partial charge in [0.2, 0.25) is 0 Å². The Morgan fingerprint density at radius 3 is 2.71 bits per heavy atom. The number of nitrogens with zero attached hydrogens (tertiary/aromatic N) is 2. The lowest BCUT2D eigenvalue weighted by Gasteiger charge is -1.97. The van der Waals surface area contributed by atoms with E-state index < -0.39 is 5.91 Å². The molecule has 1 heterocycles. The first-order valence-corrected chi connectivity index (χ1v) is 5.00. The van der Waals surface area contributed by atoms with Crippen molar-refractivity contribution in [1.82, 2.24) is 4.98 Å². The molecule has 1 amide bonds. The topological polar surface area (TPSA) is 104 Å². The van der Waals surface area contributed by atoms with Gasteiger partial charge in [0.25, 0.3) is 5.91 Å². The quantitative estimate of drug-likeness (QED) is 0.614.